The van der Waals surface area contributed by atoms with Gasteiger partial charge in [-0.2, -0.15) is 0 Å². The number of ketones is 10. The third-order valence-corrected chi connectivity index (χ3v) is 25.7. The van der Waals surface area contributed by atoms with Gasteiger partial charge in [-0.3, -0.25) is 76.7 Å². The van der Waals surface area contributed by atoms with E-state index in [-0.39, 0.29) is 154 Å². The molecule has 0 spiro atoms. The Hall–Kier alpha value is -16.6. The Morgan fingerprint density at radius 1 is 0.300 bits per heavy atom. The third-order valence-electron chi connectivity index (χ3n) is 25.7. The number of fused-ring (bicyclic) bond motifs is 11. The Morgan fingerprint density at radius 3 is 1.04 bits per heavy atom. The first-order chi connectivity index (χ1) is 67.0. The molecule has 25 nitrogen and oxygen atoms in total. The summed E-state index contributed by atoms with van der Waals surface area (Å²) in [6.07, 6.45) is 3.87. The van der Waals surface area contributed by atoms with Crippen LogP contribution in [0.2, 0.25) is 0 Å². The summed E-state index contributed by atoms with van der Waals surface area (Å²) in [5.41, 5.74) is 12.2. The Morgan fingerprint density at radius 2 is 0.629 bits per heavy atom. The Balaban J connectivity index is 0.000000148. The predicted molar refractivity (Wildman–Crippen MR) is 534 cm³/mol. The Bertz CT molecular complexity index is 7040. The first-order valence-corrected chi connectivity index (χ1v) is 46.5. The molecule has 0 heterocycles. The van der Waals surface area contributed by atoms with E-state index in [1.165, 1.54) is 29.8 Å². The van der Waals surface area contributed by atoms with Gasteiger partial charge in [0.15, 0.2) is 57.8 Å². The van der Waals surface area contributed by atoms with Crippen LogP contribution in [0.4, 0.5) is 33.2 Å². The van der Waals surface area contributed by atoms with Crippen molar-refractivity contribution in [2.24, 2.45) is 22.7 Å². The molecule has 0 saturated heterocycles. The fourth-order valence-electron chi connectivity index (χ4n) is 15.9. The smallest absolute Gasteiger partial charge is 0.319 e. The molecular weight excluding hydrogens is 1770 g/mol. The van der Waals surface area contributed by atoms with Crippen molar-refractivity contribution < 1.29 is 91.0 Å². The van der Waals surface area contributed by atoms with Crippen molar-refractivity contribution in [3.05, 3.63) is 383 Å². The molecule has 17 rings (SSSR count). The number of nitrogens with one attached hydrogen (secondary N) is 6. The number of carbonyl (C=O) groups is 17. The van der Waals surface area contributed by atoms with E-state index in [9.17, 15) is 81.5 Å². The molecule has 3 unspecified atom stereocenters. The van der Waals surface area contributed by atoms with E-state index in [2.05, 4.69) is 45.7 Å². The maximum Gasteiger partial charge on any atom is 0.319 e. The first kappa shape index (κ1) is 101. The van der Waals surface area contributed by atoms with Crippen molar-refractivity contribution in [2.45, 2.75) is 128 Å². The predicted octanol–water partition coefficient (Wildman–Crippen LogP) is 21.4. The maximum absolute atomic E-state index is 13.0. The largest absolute Gasteiger partial charge is 0.465 e. The average molecular weight is 1880 g/mol. The van der Waals surface area contributed by atoms with Crippen LogP contribution in [0, 0.1) is 22.7 Å². The van der Waals surface area contributed by atoms with Crippen LogP contribution in [-0.2, 0) is 28.7 Å². The van der Waals surface area contributed by atoms with Crippen molar-refractivity contribution in [3.63, 3.8) is 0 Å². The van der Waals surface area contributed by atoms with E-state index in [0.717, 1.165) is 36.1 Å². The summed E-state index contributed by atoms with van der Waals surface area (Å²) in [4.78, 5) is 212. The maximum atomic E-state index is 13.0. The molecule has 12 aromatic carbocycles. The fraction of sp³-hybridized carbons (Fsp3) is 0.226. The molecule has 0 radical (unpaired) electrons. The molecule has 0 aliphatic heterocycles. The number of amides is 6. The number of carbonyl (C=O) groups excluding carboxylic acids is 17. The molecule has 12 aromatic rings. The minimum absolute atomic E-state index is 0.00166. The van der Waals surface area contributed by atoms with Gasteiger partial charge in [0.05, 0.1) is 35.0 Å². The van der Waals surface area contributed by atoms with Crippen molar-refractivity contribution in [3.8, 4) is 11.1 Å². The van der Waals surface area contributed by atoms with Gasteiger partial charge in [-0.05, 0) is 168 Å². The summed E-state index contributed by atoms with van der Waals surface area (Å²) in [5, 5.41) is 16.4. The number of benzene rings is 12. The third kappa shape index (κ3) is 22.1. The summed E-state index contributed by atoms with van der Waals surface area (Å²) in [6.45, 7) is 23.2. The van der Waals surface area contributed by atoms with Crippen LogP contribution in [0.3, 0.4) is 0 Å². The van der Waals surface area contributed by atoms with E-state index in [1.54, 1.807) is 210 Å². The van der Waals surface area contributed by atoms with Crippen molar-refractivity contribution >= 4 is 128 Å². The second-order valence-corrected chi connectivity index (χ2v) is 35.7. The van der Waals surface area contributed by atoms with E-state index >= 15 is 0 Å². The second kappa shape index (κ2) is 44.1. The van der Waals surface area contributed by atoms with E-state index < -0.39 is 16.9 Å². The van der Waals surface area contributed by atoms with Gasteiger partial charge in [0.2, 0.25) is 11.8 Å². The lowest BCUT2D eigenvalue weighted by atomic mass is 9.83. The van der Waals surface area contributed by atoms with Gasteiger partial charge in [0.1, 0.15) is 13.2 Å². The molecule has 5 aliphatic carbocycles. The lowest BCUT2D eigenvalue weighted by Gasteiger charge is -2.20. The van der Waals surface area contributed by atoms with Crippen molar-refractivity contribution in [1.29, 1.82) is 0 Å². The van der Waals surface area contributed by atoms with Crippen LogP contribution in [0.5, 0.6) is 0 Å². The summed E-state index contributed by atoms with van der Waals surface area (Å²) in [7, 11) is 0. The number of esters is 2. The van der Waals surface area contributed by atoms with Gasteiger partial charge < -0.3 is 41.4 Å². The topological polar surface area (TPSA) is 381 Å². The number of urea groups is 1. The van der Waals surface area contributed by atoms with E-state index in [4.69, 9.17) is 9.47 Å². The number of Topliss-reactive ketones (excluding diaryl/α,β-unsaturated/α-hetero) is 1. The minimum Gasteiger partial charge on any atom is -0.465 e. The van der Waals surface area contributed by atoms with Crippen LogP contribution < -0.4 is 31.9 Å². The van der Waals surface area contributed by atoms with Gasteiger partial charge in [0, 0.05) is 151 Å². The zero-order chi connectivity index (χ0) is 101. The van der Waals surface area contributed by atoms with Gasteiger partial charge >= 0.3 is 18.0 Å². The van der Waals surface area contributed by atoms with Crippen molar-refractivity contribution in [2.75, 3.05) is 46.3 Å². The zero-order valence-corrected chi connectivity index (χ0v) is 79.7. The average Bonchev–Trinajstić information content (AvgIpc) is 1.39. The quantitative estimate of drug-likeness (QED) is 0.0186. The fourth-order valence-corrected chi connectivity index (χ4v) is 15.9. The molecule has 710 valence electrons. The number of hydrogen-bond donors (Lipinski definition) is 6. The summed E-state index contributed by atoms with van der Waals surface area (Å²) < 4.78 is 10.3. The van der Waals surface area contributed by atoms with Gasteiger partial charge in [-0.1, -0.05) is 225 Å². The standard InChI is InChI=1S/C26H21NO4.C25H21NO3.C23H24N2O5.C23H23NO5.C18H17NO2/c1-3-15(2)23(28)16-8-10-17(11-9-16)26(31)27-18-12-13-21-22(14-18)25(30)20-7-5-4-6-19(20)24(21)29;1-3-15(2)16-11-13-17(14-12-16)25(29)26-21-10-6-9-20-22(21)24(28)19-8-5-4-7-18(19)23(20)27;1-4-23(2,3)21(28)30-12-11-24-22(29)25-14-9-10-17-18(13-14)20(27)16-8-6-5-7-15(16)19(17)26;1-4-23(2,3)22(28)29-12-11-19(25)24-14-9-10-17-18(13-14)21(27)16-8-6-5-7-15(16)20(17)26;1-3-11(2)18(21)19-15-10-6-9-14-16(15)12-7-4-5-8-13(12)17(14)20/h4-15H,3H2,1-2H3,(H,27,31);4-15H,3H2,1-2H3,(H,26,29);5-10,13H,4,11-12H2,1-3H3,(H2,24,25,29);5-10,13H,4,11-12H2,1-3H3,(H,24,25);4-11H,3H2,1-2H3,(H,19,21). The van der Waals surface area contributed by atoms with Crippen LogP contribution in [0.15, 0.2) is 261 Å². The molecule has 25 heteroatoms. The molecule has 0 aromatic heterocycles. The summed E-state index contributed by atoms with van der Waals surface area (Å²) in [6, 6.07) is 72.3. The number of ether oxygens (including phenoxy) is 2. The zero-order valence-electron chi connectivity index (χ0n) is 79.7. The Labute approximate surface area is 810 Å². The highest BCUT2D eigenvalue weighted by atomic mass is 16.5. The highest BCUT2D eigenvalue weighted by Crippen LogP contribution is 2.43. The highest BCUT2D eigenvalue weighted by molar-refractivity contribution is 6.33. The van der Waals surface area contributed by atoms with Crippen molar-refractivity contribution in [1.82, 2.24) is 5.32 Å². The molecular formula is C115H106N6O19. The minimum atomic E-state index is -0.585. The number of hydrogen-bond acceptors (Lipinski definition) is 19. The van der Waals surface area contributed by atoms with E-state index in [0.29, 0.717) is 136 Å². The molecule has 5 aliphatic rings. The molecule has 0 saturated carbocycles. The lowest BCUT2D eigenvalue weighted by molar-refractivity contribution is -0.155. The van der Waals surface area contributed by atoms with Crippen LogP contribution in [-0.4, -0.2) is 119 Å². The highest BCUT2D eigenvalue weighted by Gasteiger charge is 2.37. The van der Waals surface area contributed by atoms with Crippen LogP contribution in [0.25, 0.3) is 11.1 Å². The van der Waals surface area contributed by atoms with Crippen LogP contribution in [0.1, 0.15) is 307 Å². The summed E-state index contributed by atoms with van der Waals surface area (Å²) in [5.74, 6) is -3.13. The lowest BCUT2D eigenvalue weighted by Crippen LogP contribution is -2.34. The van der Waals surface area contributed by atoms with E-state index in [1.807, 2.05) is 96.1 Å². The SMILES string of the molecule is CCC(C)(C)C(=O)OCCC(=O)Nc1ccc2c(c1)C(=O)c1ccccc1C2=O.CCC(C)(C)C(=O)OCCNC(=O)Nc1ccc2c(c1)C(=O)c1ccccc1C2=O.CCC(C)C(=O)Nc1cccc2c1-c1ccccc1C2=O.CCC(C)C(=O)c1ccc(C(=O)Nc2ccc3c(c2)C(=O)c2ccccc2C3=O)cc1.CCC(C)c1ccc(C(=O)Nc2cccc3c2C(=O)c2ccccc2C3=O)cc1. The first-order valence-electron chi connectivity index (χ1n) is 46.5. The molecule has 6 amide bonds. The molecule has 3 atom stereocenters. The summed E-state index contributed by atoms with van der Waals surface area (Å²) >= 11 is 0. The second-order valence-electron chi connectivity index (χ2n) is 35.7. The molecule has 0 bridgehead atoms. The number of rotatable bonds is 24. The molecule has 6 N–H and O–H groups in total. The van der Waals surface area contributed by atoms with Crippen LogP contribution >= 0.6 is 0 Å². The normalized spacial score (nSPS) is 13.1. The van der Waals surface area contributed by atoms with Gasteiger partial charge in [-0.25, -0.2) is 4.79 Å². The Kier molecular flexibility index (Phi) is 31.7. The molecule has 140 heavy (non-hydrogen) atoms. The van der Waals surface area contributed by atoms with Gasteiger partial charge in [0.25, 0.3) is 11.8 Å². The molecule has 0 fully saturated rings. The monoisotopic (exact) mass is 1870 g/mol. The van der Waals surface area contributed by atoms with Gasteiger partial charge in [-0.15, -0.1) is 0 Å². The number of anilines is 5.